The van der Waals surface area contributed by atoms with Gasteiger partial charge in [-0.15, -0.1) is 16.4 Å². The number of nitrogens with one attached hydrogen (secondary N) is 2. The summed E-state index contributed by atoms with van der Waals surface area (Å²) in [5.74, 6) is 1.22. The van der Waals surface area contributed by atoms with Gasteiger partial charge in [0.2, 0.25) is 5.89 Å². The summed E-state index contributed by atoms with van der Waals surface area (Å²) < 4.78 is 6.61. The third-order valence-electron chi connectivity index (χ3n) is 2.34. The summed E-state index contributed by atoms with van der Waals surface area (Å²) in [4.78, 5) is 1.21. The first-order valence-electron chi connectivity index (χ1n) is 6.14. The van der Waals surface area contributed by atoms with Crippen molar-refractivity contribution in [2.75, 3.05) is 11.9 Å². The molecule has 2 N–H and O–H groups in total. The Kier molecular flexibility index (Phi) is 5.35. The average molecular weight is 345 g/mol. The Balaban J connectivity index is 1.77. The van der Waals surface area contributed by atoms with Crippen LogP contribution in [0.15, 0.2) is 20.3 Å². The third-order valence-corrected chi connectivity index (χ3v) is 3.96. The van der Waals surface area contributed by atoms with Gasteiger partial charge in [0.1, 0.15) is 0 Å². The van der Waals surface area contributed by atoms with E-state index in [1.165, 1.54) is 4.88 Å². The largest absolute Gasteiger partial charge is 0.407 e. The lowest BCUT2D eigenvalue weighted by Crippen LogP contribution is -2.19. The van der Waals surface area contributed by atoms with Crippen LogP contribution in [0.5, 0.6) is 0 Å². The van der Waals surface area contributed by atoms with Gasteiger partial charge in [-0.05, 0) is 40.5 Å². The highest BCUT2D eigenvalue weighted by Gasteiger charge is 2.06. The minimum Gasteiger partial charge on any atom is -0.407 e. The lowest BCUT2D eigenvalue weighted by molar-refractivity contribution is 0.458. The van der Waals surface area contributed by atoms with Crippen molar-refractivity contribution in [2.45, 2.75) is 26.9 Å². The van der Waals surface area contributed by atoms with Crippen molar-refractivity contribution >= 4 is 33.3 Å². The van der Waals surface area contributed by atoms with Crippen LogP contribution >= 0.6 is 27.3 Å². The number of thiophene rings is 1. The van der Waals surface area contributed by atoms with Crippen molar-refractivity contribution in [1.29, 1.82) is 0 Å². The van der Waals surface area contributed by atoms with Crippen molar-refractivity contribution in [3.63, 3.8) is 0 Å². The number of halogens is 1. The molecule has 0 radical (unpaired) electrons. The zero-order chi connectivity index (χ0) is 13.7. The molecule has 5 nitrogen and oxygen atoms in total. The highest BCUT2D eigenvalue weighted by Crippen LogP contribution is 2.22. The molecule has 0 saturated carbocycles. The van der Waals surface area contributed by atoms with Crippen LogP contribution in [0.3, 0.4) is 0 Å². The minimum absolute atomic E-state index is 0.464. The predicted octanol–water partition coefficient (Wildman–Crippen LogP) is 3.25. The summed E-state index contributed by atoms with van der Waals surface area (Å²) in [6.45, 7) is 6.56. The van der Waals surface area contributed by atoms with E-state index in [0.717, 1.165) is 10.3 Å². The van der Waals surface area contributed by atoms with Gasteiger partial charge in [0.15, 0.2) is 0 Å². The zero-order valence-corrected chi connectivity index (χ0v) is 13.3. The molecule has 2 aromatic heterocycles. The van der Waals surface area contributed by atoms with Crippen LogP contribution in [0.2, 0.25) is 0 Å². The average Bonchev–Trinajstić information content (AvgIpc) is 2.95. The lowest BCUT2D eigenvalue weighted by Gasteiger charge is -2.03. The molecule has 2 rings (SSSR count). The Bertz CT molecular complexity index is 511. The molecule has 2 aromatic rings. The molecule has 0 aliphatic rings. The Labute approximate surface area is 124 Å². The Morgan fingerprint density at radius 2 is 2.16 bits per heavy atom. The van der Waals surface area contributed by atoms with Gasteiger partial charge in [0.25, 0.3) is 0 Å². The number of aromatic nitrogens is 2. The molecule has 0 aliphatic carbocycles. The molecule has 7 heteroatoms. The standard InChI is InChI=1S/C12H17BrN4OS/c1-8(2)5-14-7-11-16-17-12(18-11)15-6-9-3-4-10(13)19-9/h3-4,8,14H,5-7H2,1-2H3,(H,15,17). The molecule has 0 aliphatic heterocycles. The molecule has 0 bridgehead atoms. The summed E-state index contributed by atoms with van der Waals surface area (Å²) in [7, 11) is 0. The molecule has 0 saturated heterocycles. The zero-order valence-electron chi connectivity index (χ0n) is 10.9. The molecular weight excluding hydrogens is 328 g/mol. The van der Waals surface area contributed by atoms with Crippen molar-refractivity contribution < 1.29 is 4.42 Å². The van der Waals surface area contributed by atoms with Crippen LogP contribution in [0, 0.1) is 5.92 Å². The monoisotopic (exact) mass is 344 g/mol. The molecule has 0 amide bonds. The van der Waals surface area contributed by atoms with Crippen LogP contribution in [-0.2, 0) is 13.1 Å². The maximum Gasteiger partial charge on any atom is 0.315 e. The van der Waals surface area contributed by atoms with E-state index in [1.54, 1.807) is 11.3 Å². The van der Waals surface area contributed by atoms with Gasteiger partial charge < -0.3 is 15.1 Å². The van der Waals surface area contributed by atoms with Gasteiger partial charge in [-0.3, -0.25) is 0 Å². The SMILES string of the molecule is CC(C)CNCc1nnc(NCc2ccc(Br)s2)o1. The fourth-order valence-corrected chi connectivity index (χ4v) is 2.90. The smallest absolute Gasteiger partial charge is 0.315 e. The molecule has 2 heterocycles. The minimum atomic E-state index is 0.464. The molecule has 0 unspecified atom stereocenters. The van der Waals surface area contributed by atoms with E-state index in [-0.39, 0.29) is 0 Å². The second-order valence-corrected chi connectivity index (χ2v) is 7.13. The Morgan fingerprint density at radius 3 is 2.84 bits per heavy atom. The van der Waals surface area contributed by atoms with Crippen LogP contribution in [0.25, 0.3) is 0 Å². The van der Waals surface area contributed by atoms with Crippen LogP contribution in [0.1, 0.15) is 24.6 Å². The molecule has 19 heavy (non-hydrogen) atoms. The van der Waals surface area contributed by atoms with E-state index >= 15 is 0 Å². The van der Waals surface area contributed by atoms with E-state index in [0.29, 0.717) is 30.9 Å². The van der Waals surface area contributed by atoms with Crippen LogP contribution in [-0.4, -0.2) is 16.7 Å². The van der Waals surface area contributed by atoms with Crippen molar-refractivity contribution in [1.82, 2.24) is 15.5 Å². The number of anilines is 1. The molecular formula is C12H17BrN4OS. The number of hydrogen-bond acceptors (Lipinski definition) is 6. The summed E-state index contributed by atoms with van der Waals surface area (Å²) in [5.41, 5.74) is 0. The summed E-state index contributed by atoms with van der Waals surface area (Å²) in [6, 6.07) is 4.55. The molecule has 0 aromatic carbocycles. The van der Waals surface area contributed by atoms with Gasteiger partial charge in [0, 0.05) is 4.88 Å². The first-order chi connectivity index (χ1) is 9.13. The molecule has 0 atom stereocenters. The normalized spacial score (nSPS) is 11.2. The summed E-state index contributed by atoms with van der Waals surface area (Å²) in [6.07, 6.45) is 0. The first-order valence-corrected chi connectivity index (χ1v) is 7.75. The lowest BCUT2D eigenvalue weighted by atomic mass is 10.2. The summed E-state index contributed by atoms with van der Waals surface area (Å²) in [5, 5.41) is 14.3. The second-order valence-electron chi connectivity index (χ2n) is 4.59. The number of rotatable bonds is 7. The predicted molar refractivity (Wildman–Crippen MR) is 80.2 cm³/mol. The fraction of sp³-hybridized carbons (Fsp3) is 0.500. The Hall–Kier alpha value is -0.920. The molecule has 104 valence electrons. The van der Waals surface area contributed by atoms with Gasteiger partial charge >= 0.3 is 6.01 Å². The van der Waals surface area contributed by atoms with E-state index in [2.05, 4.69) is 56.7 Å². The summed E-state index contributed by atoms with van der Waals surface area (Å²) >= 11 is 5.12. The van der Waals surface area contributed by atoms with Crippen molar-refractivity contribution in [3.05, 3.63) is 26.7 Å². The maximum atomic E-state index is 5.49. The van der Waals surface area contributed by atoms with E-state index in [9.17, 15) is 0 Å². The van der Waals surface area contributed by atoms with Crippen molar-refractivity contribution in [3.8, 4) is 0 Å². The molecule has 0 fully saturated rings. The van der Waals surface area contributed by atoms with E-state index in [1.807, 2.05) is 6.07 Å². The van der Waals surface area contributed by atoms with Crippen LogP contribution in [0.4, 0.5) is 6.01 Å². The second kappa shape index (κ2) is 7.02. The highest BCUT2D eigenvalue weighted by molar-refractivity contribution is 9.11. The van der Waals surface area contributed by atoms with Gasteiger partial charge in [-0.2, -0.15) is 0 Å². The van der Waals surface area contributed by atoms with Gasteiger partial charge in [0.05, 0.1) is 16.9 Å². The van der Waals surface area contributed by atoms with E-state index in [4.69, 9.17) is 4.42 Å². The number of nitrogens with zero attached hydrogens (tertiary/aromatic N) is 2. The number of hydrogen-bond donors (Lipinski definition) is 2. The van der Waals surface area contributed by atoms with Crippen molar-refractivity contribution in [2.24, 2.45) is 5.92 Å². The first kappa shape index (κ1) is 14.5. The maximum absolute atomic E-state index is 5.49. The fourth-order valence-electron chi connectivity index (χ4n) is 1.47. The van der Waals surface area contributed by atoms with Gasteiger partial charge in [-0.25, -0.2) is 0 Å². The van der Waals surface area contributed by atoms with Crippen LogP contribution < -0.4 is 10.6 Å². The topological polar surface area (TPSA) is 63.0 Å². The Morgan fingerprint density at radius 1 is 1.32 bits per heavy atom. The highest BCUT2D eigenvalue weighted by atomic mass is 79.9. The van der Waals surface area contributed by atoms with E-state index < -0.39 is 0 Å². The van der Waals surface area contributed by atoms with Gasteiger partial charge in [-0.1, -0.05) is 18.9 Å². The third kappa shape index (κ3) is 4.93. The molecule has 0 spiro atoms. The quantitative estimate of drug-likeness (QED) is 0.807.